The van der Waals surface area contributed by atoms with Crippen LogP contribution in [-0.2, 0) is 11.2 Å². The van der Waals surface area contributed by atoms with Gasteiger partial charge in [-0.2, -0.15) is 0 Å². The predicted octanol–water partition coefficient (Wildman–Crippen LogP) is 9.06. The van der Waals surface area contributed by atoms with E-state index in [0.29, 0.717) is 18.1 Å². The van der Waals surface area contributed by atoms with E-state index in [2.05, 4.69) is 43.6 Å². The number of nitrogens with zero attached hydrogens (tertiary/aromatic N) is 1. The molecule has 0 radical (unpaired) electrons. The van der Waals surface area contributed by atoms with Gasteiger partial charge in [0.25, 0.3) is 0 Å². The maximum Gasteiger partial charge on any atom is 0.131 e. The largest absolute Gasteiger partial charge is 0.379 e. The van der Waals surface area contributed by atoms with Crippen LogP contribution in [0.2, 0.25) is 0 Å². The third-order valence-corrected chi connectivity index (χ3v) is 6.15. The van der Waals surface area contributed by atoms with Crippen molar-refractivity contribution in [2.75, 3.05) is 6.61 Å². The van der Waals surface area contributed by atoms with Crippen molar-refractivity contribution in [1.29, 1.82) is 0 Å². The highest BCUT2D eigenvalue weighted by atomic mass is 19.1. The minimum atomic E-state index is -0.205. The molecular formula is C32H38FNO. The van der Waals surface area contributed by atoms with E-state index >= 15 is 0 Å². The molecule has 35 heavy (non-hydrogen) atoms. The number of halogens is 1. The number of pyridine rings is 1. The molecule has 3 rings (SSSR count). The van der Waals surface area contributed by atoms with Crippen LogP contribution in [-0.4, -0.2) is 17.7 Å². The number of rotatable bonds is 14. The Labute approximate surface area is 210 Å². The Morgan fingerprint density at radius 2 is 1.74 bits per heavy atom. The molecular weight excluding hydrogens is 433 g/mol. The molecule has 0 bridgehead atoms. The summed E-state index contributed by atoms with van der Waals surface area (Å²) in [5.41, 5.74) is 5.47. The Bertz CT molecular complexity index is 1070. The summed E-state index contributed by atoms with van der Waals surface area (Å²) in [5.74, 6) is -0.205. The van der Waals surface area contributed by atoms with Crippen molar-refractivity contribution in [1.82, 2.24) is 4.98 Å². The van der Waals surface area contributed by atoms with Gasteiger partial charge in [0.05, 0.1) is 11.8 Å². The number of hydrogen-bond donors (Lipinski definition) is 0. The van der Waals surface area contributed by atoms with Crippen LogP contribution >= 0.6 is 0 Å². The molecule has 0 spiro atoms. The maximum absolute atomic E-state index is 14.5. The minimum absolute atomic E-state index is 0.205. The molecule has 0 saturated heterocycles. The lowest BCUT2D eigenvalue weighted by Gasteiger charge is -2.11. The SMILES string of the molecule is C=CCc1ccc(-c2ccc(-c3ccc(C=CCCCC(C)OCCCCC)nc3)cc2)c(F)c1. The lowest BCUT2D eigenvalue weighted by atomic mass is 9.99. The van der Waals surface area contributed by atoms with E-state index in [9.17, 15) is 4.39 Å². The maximum atomic E-state index is 14.5. The predicted molar refractivity (Wildman–Crippen MR) is 147 cm³/mol. The van der Waals surface area contributed by atoms with Crippen LogP contribution in [0.1, 0.15) is 63.6 Å². The van der Waals surface area contributed by atoms with Gasteiger partial charge in [0.1, 0.15) is 5.82 Å². The number of aromatic nitrogens is 1. The van der Waals surface area contributed by atoms with Crippen molar-refractivity contribution in [2.45, 2.75) is 64.9 Å². The Balaban J connectivity index is 1.49. The number of benzene rings is 2. The third-order valence-electron chi connectivity index (χ3n) is 6.15. The first-order valence-electron chi connectivity index (χ1n) is 12.8. The molecule has 3 aromatic rings. The summed E-state index contributed by atoms with van der Waals surface area (Å²) < 4.78 is 20.4. The van der Waals surface area contributed by atoms with Gasteiger partial charge in [-0.05, 0) is 73.9 Å². The van der Waals surface area contributed by atoms with Gasteiger partial charge in [-0.3, -0.25) is 4.98 Å². The van der Waals surface area contributed by atoms with Crippen molar-refractivity contribution in [3.8, 4) is 22.3 Å². The van der Waals surface area contributed by atoms with Gasteiger partial charge >= 0.3 is 0 Å². The van der Waals surface area contributed by atoms with Crippen LogP contribution in [0, 0.1) is 5.82 Å². The zero-order chi connectivity index (χ0) is 24.9. The average molecular weight is 472 g/mol. The summed E-state index contributed by atoms with van der Waals surface area (Å²) in [4.78, 5) is 4.59. The molecule has 1 aromatic heterocycles. The van der Waals surface area contributed by atoms with E-state index in [1.165, 1.54) is 12.8 Å². The molecule has 0 aliphatic rings. The summed E-state index contributed by atoms with van der Waals surface area (Å²) in [6.07, 6.45) is 15.8. The smallest absolute Gasteiger partial charge is 0.131 e. The van der Waals surface area contributed by atoms with Gasteiger partial charge in [-0.1, -0.05) is 74.4 Å². The fourth-order valence-corrected chi connectivity index (χ4v) is 4.05. The zero-order valence-electron chi connectivity index (χ0n) is 21.2. The first kappa shape index (κ1) is 26.6. The van der Waals surface area contributed by atoms with E-state index < -0.39 is 0 Å². The van der Waals surface area contributed by atoms with E-state index in [0.717, 1.165) is 60.2 Å². The first-order chi connectivity index (χ1) is 17.1. The van der Waals surface area contributed by atoms with Gasteiger partial charge in [-0.25, -0.2) is 4.39 Å². The summed E-state index contributed by atoms with van der Waals surface area (Å²) in [7, 11) is 0. The molecule has 0 aliphatic heterocycles. The van der Waals surface area contributed by atoms with E-state index in [1.54, 1.807) is 12.1 Å². The second-order valence-corrected chi connectivity index (χ2v) is 9.08. The van der Waals surface area contributed by atoms with Crippen LogP contribution in [0.4, 0.5) is 4.39 Å². The van der Waals surface area contributed by atoms with Gasteiger partial charge in [0, 0.05) is 23.9 Å². The highest BCUT2D eigenvalue weighted by Gasteiger charge is 2.07. The molecule has 1 atom stereocenters. The highest BCUT2D eigenvalue weighted by molar-refractivity contribution is 5.71. The van der Waals surface area contributed by atoms with Crippen LogP contribution in [0.3, 0.4) is 0 Å². The molecule has 0 saturated carbocycles. The van der Waals surface area contributed by atoms with E-state index in [-0.39, 0.29) is 5.82 Å². The van der Waals surface area contributed by atoms with Gasteiger partial charge in [0.2, 0.25) is 0 Å². The quantitative estimate of drug-likeness (QED) is 0.173. The van der Waals surface area contributed by atoms with Crippen LogP contribution in [0.25, 0.3) is 28.3 Å². The molecule has 0 amide bonds. The average Bonchev–Trinajstić information content (AvgIpc) is 2.87. The van der Waals surface area contributed by atoms with E-state index in [1.807, 2.05) is 48.7 Å². The molecule has 0 N–H and O–H groups in total. The molecule has 184 valence electrons. The number of ether oxygens (including phenoxy) is 1. The fraction of sp³-hybridized carbons (Fsp3) is 0.344. The second kappa shape index (κ2) is 14.4. The topological polar surface area (TPSA) is 22.1 Å². The number of unbranched alkanes of at least 4 members (excludes halogenated alkanes) is 3. The lowest BCUT2D eigenvalue weighted by molar-refractivity contribution is 0.0566. The van der Waals surface area contributed by atoms with E-state index in [4.69, 9.17) is 4.74 Å². The van der Waals surface area contributed by atoms with Gasteiger partial charge < -0.3 is 4.74 Å². The Morgan fingerprint density at radius 3 is 2.43 bits per heavy atom. The Morgan fingerprint density at radius 1 is 0.971 bits per heavy atom. The van der Waals surface area contributed by atoms with Crippen molar-refractivity contribution in [2.24, 2.45) is 0 Å². The summed E-state index contributed by atoms with van der Waals surface area (Å²) in [5, 5.41) is 0. The number of allylic oxidation sites excluding steroid dienone is 2. The summed E-state index contributed by atoms with van der Waals surface area (Å²) >= 11 is 0. The molecule has 3 heteroatoms. The highest BCUT2D eigenvalue weighted by Crippen LogP contribution is 2.27. The monoisotopic (exact) mass is 471 g/mol. The first-order valence-corrected chi connectivity index (χ1v) is 12.8. The standard InChI is InChI=1S/C32H38FNO/c1-4-6-10-22-35-25(3)12-8-7-9-13-30-20-19-29(24-34-30)27-15-17-28(18-16-27)31-21-14-26(11-5-2)23-32(31)33/h5,9,13-21,23-25H,2,4,6-8,10-12,22H2,1,3H3. The second-order valence-electron chi connectivity index (χ2n) is 9.08. The van der Waals surface area contributed by atoms with Crippen LogP contribution in [0.15, 0.2) is 79.5 Å². The molecule has 1 unspecified atom stereocenters. The van der Waals surface area contributed by atoms with Gasteiger partial charge in [-0.15, -0.1) is 6.58 Å². The van der Waals surface area contributed by atoms with Crippen LogP contribution in [0.5, 0.6) is 0 Å². The fourth-order valence-electron chi connectivity index (χ4n) is 4.05. The molecule has 0 fully saturated rings. The Hall–Kier alpha value is -3.04. The summed E-state index contributed by atoms with van der Waals surface area (Å²) in [6, 6.07) is 17.5. The van der Waals surface area contributed by atoms with Crippen molar-refractivity contribution in [3.63, 3.8) is 0 Å². The number of hydrogen-bond acceptors (Lipinski definition) is 2. The van der Waals surface area contributed by atoms with Crippen molar-refractivity contribution in [3.05, 3.63) is 96.6 Å². The minimum Gasteiger partial charge on any atom is -0.379 e. The molecule has 0 aliphatic carbocycles. The molecule has 2 nitrogen and oxygen atoms in total. The summed E-state index contributed by atoms with van der Waals surface area (Å²) in [6.45, 7) is 8.97. The normalized spacial score (nSPS) is 12.2. The van der Waals surface area contributed by atoms with Crippen molar-refractivity contribution < 1.29 is 9.13 Å². The van der Waals surface area contributed by atoms with Crippen molar-refractivity contribution >= 4 is 6.08 Å². The Kier molecular flexibility index (Phi) is 10.9. The molecule has 2 aromatic carbocycles. The zero-order valence-corrected chi connectivity index (χ0v) is 21.2. The third kappa shape index (κ3) is 8.60. The van der Waals surface area contributed by atoms with Crippen LogP contribution < -0.4 is 0 Å². The molecule has 1 heterocycles. The lowest BCUT2D eigenvalue weighted by Crippen LogP contribution is -2.08. The van der Waals surface area contributed by atoms with Gasteiger partial charge in [0.15, 0.2) is 0 Å².